The van der Waals surface area contributed by atoms with Crippen LogP contribution in [0.1, 0.15) is 20.3 Å². The van der Waals surface area contributed by atoms with E-state index in [1.165, 1.54) is 0 Å². The van der Waals surface area contributed by atoms with E-state index < -0.39 is 6.23 Å². The largest absolute Gasteiger partial charge is 0.378 e. The zero-order valence-electron chi connectivity index (χ0n) is 9.40. The van der Waals surface area contributed by atoms with Crippen LogP contribution in [0, 0.1) is 5.92 Å². The Hall–Kier alpha value is -0.610. The maximum Gasteiger partial charge on any atom is 0.236 e. The molecule has 0 aromatic carbocycles. The summed E-state index contributed by atoms with van der Waals surface area (Å²) in [5, 5.41) is 9.72. The van der Waals surface area contributed by atoms with Gasteiger partial charge in [-0.15, -0.1) is 0 Å². The Labute approximate surface area is 85.5 Å². The molecule has 14 heavy (non-hydrogen) atoms. The van der Waals surface area contributed by atoms with Crippen LogP contribution in [-0.2, 0) is 4.79 Å². The number of hydrogen-bond acceptors (Lipinski definition) is 3. The second-order valence-corrected chi connectivity index (χ2v) is 4.39. The van der Waals surface area contributed by atoms with Crippen LogP contribution in [-0.4, -0.2) is 53.7 Å². The molecule has 4 heteroatoms. The Morgan fingerprint density at radius 2 is 2.07 bits per heavy atom. The van der Waals surface area contributed by atoms with E-state index in [2.05, 4.69) is 13.8 Å². The van der Waals surface area contributed by atoms with Crippen molar-refractivity contribution in [2.24, 2.45) is 5.92 Å². The number of amides is 1. The third-order valence-corrected chi connectivity index (χ3v) is 3.13. The third kappa shape index (κ3) is 2.25. The normalized spacial score (nSPS) is 33.4. The van der Waals surface area contributed by atoms with Gasteiger partial charge >= 0.3 is 0 Å². The zero-order valence-corrected chi connectivity index (χ0v) is 9.40. The highest BCUT2D eigenvalue weighted by molar-refractivity contribution is 5.77. The molecule has 1 saturated heterocycles. The van der Waals surface area contributed by atoms with Crippen LogP contribution in [0.3, 0.4) is 0 Å². The predicted octanol–water partition coefficient (Wildman–Crippen LogP) is 0.123. The topological polar surface area (TPSA) is 43.8 Å². The Kier molecular flexibility index (Phi) is 3.50. The van der Waals surface area contributed by atoms with E-state index in [4.69, 9.17) is 0 Å². The van der Waals surface area contributed by atoms with Gasteiger partial charge in [0.1, 0.15) is 6.23 Å². The van der Waals surface area contributed by atoms with Crippen LogP contribution < -0.4 is 0 Å². The molecule has 0 aromatic heterocycles. The molecule has 1 amide bonds. The van der Waals surface area contributed by atoms with Crippen molar-refractivity contribution in [3.63, 3.8) is 0 Å². The molecule has 1 aliphatic heterocycles. The lowest BCUT2D eigenvalue weighted by atomic mass is 10.1. The average molecular weight is 200 g/mol. The van der Waals surface area contributed by atoms with E-state index in [0.717, 1.165) is 6.42 Å². The van der Waals surface area contributed by atoms with Gasteiger partial charge in [-0.25, -0.2) is 0 Å². The van der Waals surface area contributed by atoms with Crippen molar-refractivity contribution in [1.82, 2.24) is 9.80 Å². The summed E-state index contributed by atoms with van der Waals surface area (Å²) in [6, 6.07) is 0.286. The van der Waals surface area contributed by atoms with Gasteiger partial charge in [0, 0.05) is 20.1 Å². The van der Waals surface area contributed by atoms with Crippen LogP contribution in [0.4, 0.5) is 0 Å². The summed E-state index contributed by atoms with van der Waals surface area (Å²) in [5.74, 6) is 0.505. The molecule has 1 fully saturated rings. The fourth-order valence-corrected chi connectivity index (χ4v) is 1.81. The average Bonchev–Trinajstić information content (AvgIpc) is 2.32. The molecule has 82 valence electrons. The molecule has 1 aliphatic rings. The van der Waals surface area contributed by atoms with E-state index in [1.807, 2.05) is 4.90 Å². The number of aliphatic hydroxyl groups excluding tert-OH is 1. The van der Waals surface area contributed by atoms with Crippen molar-refractivity contribution in [2.45, 2.75) is 32.5 Å². The van der Waals surface area contributed by atoms with E-state index in [1.54, 1.807) is 19.0 Å². The maximum atomic E-state index is 11.5. The molecular weight excluding hydrogens is 180 g/mol. The lowest BCUT2D eigenvalue weighted by Gasteiger charge is -2.26. The summed E-state index contributed by atoms with van der Waals surface area (Å²) >= 11 is 0. The Balaban J connectivity index is 2.56. The van der Waals surface area contributed by atoms with E-state index in [9.17, 15) is 9.90 Å². The highest BCUT2D eigenvalue weighted by atomic mass is 16.3. The minimum atomic E-state index is -0.455. The minimum Gasteiger partial charge on any atom is -0.378 e. The molecule has 0 aromatic rings. The highest BCUT2D eigenvalue weighted by Crippen LogP contribution is 2.27. The van der Waals surface area contributed by atoms with Crippen LogP contribution in [0.5, 0.6) is 0 Å². The Morgan fingerprint density at radius 3 is 2.43 bits per heavy atom. The predicted molar refractivity (Wildman–Crippen MR) is 54.6 cm³/mol. The van der Waals surface area contributed by atoms with E-state index in [0.29, 0.717) is 12.5 Å². The molecule has 0 radical (unpaired) electrons. The monoisotopic (exact) mass is 200 g/mol. The minimum absolute atomic E-state index is 0.0463. The first kappa shape index (κ1) is 11.5. The van der Waals surface area contributed by atoms with Crippen molar-refractivity contribution in [1.29, 1.82) is 0 Å². The van der Waals surface area contributed by atoms with Crippen LogP contribution in [0.15, 0.2) is 0 Å². The van der Waals surface area contributed by atoms with Gasteiger partial charge in [-0.1, -0.05) is 6.92 Å². The SMILES string of the molecule is CC1CC(O)N(CC(=O)N(C)C)C1C. The first-order valence-electron chi connectivity index (χ1n) is 5.07. The number of likely N-dealkylation sites (N-methyl/N-ethyl adjacent to an activating group) is 1. The first-order chi connectivity index (χ1) is 6.43. The van der Waals surface area contributed by atoms with Crippen LogP contribution >= 0.6 is 0 Å². The molecule has 4 nitrogen and oxygen atoms in total. The van der Waals surface area contributed by atoms with Gasteiger partial charge in [-0.2, -0.15) is 0 Å². The van der Waals surface area contributed by atoms with E-state index in [-0.39, 0.29) is 11.9 Å². The van der Waals surface area contributed by atoms with Gasteiger partial charge in [0.15, 0.2) is 0 Å². The summed E-state index contributed by atoms with van der Waals surface area (Å²) < 4.78 is 0. The summed E-state index contributed by atoms with van der Waals surface area (Å²) in [5.41, 5.74) is 0. The second kappa shape index (κ2) is 4.28. The molecule has 0 saturated carbocycles. The first-order valence-corrected chi connectivity index (χ1v) is 5.07. The molecule has 0 aliphatic carbocycles. The second-order valence-electron chi connectivity index (χ2n) is 4.39. The van der Waals surface area contributed by atoms with Gasteiger partial charge in [0.25, 0.3) is 0 Å². The zero-order chi connectivity index (χ0) is 10.9. The molecular formula is C10H20N2O2. The summed E-state index contributed by atoms with van der Waals surface area (Å²) in [4.78, 5) is 14.9. The smallest absolute Gasteiger partial charge is 0.236 e. The lowest BCUT2D eigenvalue weighted by molar-refractivity contribution is -0.132. The Bertz CT molecular complexity index is 218. The lowest BCUT2D eigenvalue weighted by Crippen LogP contribution is -2.43. The van der Waals surface area contributed by atoms with Crippen molar-refractivity contribution >= 4 is 5.91 Å². The number of carbonyl (C=O) groups excluding carboxylic acids is 1. The van der Waals surface area contributed by atoms with Gasteiger partial charge in [0.2, 0.25) is 5.91 Å². The molecule has 0 spiro atoms. The fourth-order valence-electron chi connectivity index (χ4n) is 1.81. The van der Waals surface area contributed by atoms with E-state index >= 15 is 0 Å². The number of aliphatic hydroxyl groups is 1. The van der Waals surface area contributed by atoms with Crippen molar-refractivity contribution in [2.75, 3.05) is 20.6 Å². The number of hydrogen-bond donors (Lipinski definition) is 1. The third-order valence-electron chi connectivity index (χ3n) is 3.13. The quantitative estimate of drug-likeness (QED) is 0.688. The van der Waals surface area contributed by atoms with Crippen LogP contribution in [0.25, 0.3) is 0 Å². The van der Waals surface area contributed by atoms with Crippen LogP contribution in [0.2, 0.25) is 0 Å². The number of rotatable bonds is 2. The van der Waals surface area contributed by atoms with Gasteiger partial charge < -0.3 is 10.0 Å². The number of likely N-dealkylation sites (tertiary alicyclic amines) is 1. The molecule has 1 N–H and O–H groups in total. The maximum absolute atomic E-state index is 11.5. The molecule has 1 rings (SSSR count). The molecule has 0 bridgehead atoms. The number of nitrogens with zero attached hydrogens (tertiary/aromatic N) is 2. The molecule has 3 unspecified atom stereocenters. The number of carbonyl (C=O) groups is 1. The summed E-state index contributed by atoms with van der Waals surface area (Å²) in [7, 11) is 3.47. The standard InChI is InChI=1S/C10H20N2O2/c1-7-5-9(13)12(8(7)2)6-10(14)11(3)4/h7-9,13H,5-6H2,1-4H3. The highest BCUT2D eigenvalue weighted by Gasteiger charge is 2.35. The molecule has 3 atom stereocenters. The van der Waals surface area contributed by atoms with Crippen molar-refractivity contribution < 1.29 is 9.90 Å². The van der Waals surface area contributed by atoms with Gasteiger partial charge in [-0.05, 0) is 19.3 Å². The fraction of sp³-hybridized carbons (Fsp3) is 0.900. The summed E-state index contributed by atoms with van der Waals surface area (Å²) in [6.07, 6.45) is 0.311. The van der Waals surface area contributed by atoms with Gasteiger partial charge in [0.05, 0.1) is 6.54 Å². The Morgan fingerprint density at radius 1 is 1.50 bits per heavy atom. The summed E-state index contributed by atoms with van der Waals surface area (Å²) in [6.45, 7) is 4.48. The van der Waals surface area contributed by atoms with Gasteiger partial charge in [-0.3, -0.25) is 9.69 Å². The molecule has 1 heterocycles. The van der Waals surface area contributed by atoms with Crippen molar-refractivity contribution in [3.05, 3.63) is 0 Å². The van der Waals surface area contributed by atoms with Crippen molar-refractivity contribution in [3.8, 4) is 0 Å².